The second-order valence-electron chi connectivity index (χ2n) is 2.35. The summed E-state index contributed by atoms with van der Waals surface area (Å²) in [7, 11) is -3.40. The average Bonchev–Trinajstić information content (AvgIpc) is 2.34. The summed E-state index contributed by atoms with van der Waals surface area (Å²) in [5.41, 5.74) is 0. The third-order valence-electron chi connectivity index (χ3n) is 1.19. The Hall–Kier alpha value is -0.820. The molecule has 1 aromatic heterocycles. The SMILES string of the molecule is Cc1nc(NS(=O)(=O)CCCl)n[nH]1. The first kappa shape index (κ1) is 10.3. The number of hydrogen-bond donors (Lipinski definition) is 2. The Labute approximate surface area is 80.8 Å². The molecular formula is C5H9ClN4O2S. The van der Waals surface area contributed by atoms with E-state index in [1.54, 1.807) is 6.92 Å². The van der Waals surface area contributed by atoms with Gasteiger partial charge in [-0.3, -0.25) is 5.10 Å². The first-order chi connectivity index (χ1) is 6.03. The van der Waals surface area contributed by atoms with E-state index in [2.05, 4.69) is 19.9 Å². The molecule has 0 radical (unpaired) electrons. The molecule has 0 aliphatic rings. The molecule has 0 amide bonds. The van der Waals surface area contributed by atoms with E-state index in [1.165, 1.54) is 0 Å². The molecule has 74 valence electrons. The molecule has 0 saturated carbocycles. The van der Waals surface area contributed by atoms with Crippen LogP contribution >= 0.6 is 11.6 Å². The second-order valence-corrected chi connectivity index (χ2v) is 4.57. The van der Waals surface area contributed by atoms with E-state index in [0.717, 1.165) is 0 Å². The summed E-state index contributed by atoms with van der Waals surface area (Å²) >= 11 is 5.29. The minimum absolute atomic E-state index is 0.0404. The van der Waals surface area contributed by atoms with Crippen molar-refractivity contribution in [2.24, 2.45) is 0 Å². The van der Waals surface area contributed by atoms with E-state index in [1.807, 2.05) is 0 Å². The zero-order chi connectivity index (χ0) is 9.90. The van der Waals surface area contributed by atoms with Crippen molar-refractivity contribution in [2.75, 3.05) is 16.4 Å². The molecule has 0 saturated heterocycles. The molecule has 2 N–H and O–H groups in total. The Morgan fingerprint density at radius 3 is 2.77 bits per heavy atom. The van der Waals surface area contributed by atoms with Gasteiger partial charge >= 0.3 is 0 Å². The maximum absolute atomic E-state index is 11.1. The summed E-state index contributed by atoms with van der Waals surface area (Å²) in [6.07, 6.45) is 0. The summed E-state index contributed by atoms with van der Waals surface area (Å²) in [5, 5.41) is 6.13. The van der Waals surface area contributed by atoms with Crippen LogP contribution < -0.4 is 4.72 Å². The number of hydrogen-bond acceptors (Lipinski definition) is 4. The highest BCUT2D eigenvalue weighted by molar-refractivity contribution is 7.92. The number of aromatic amines is 1. The molecule has 1 rings (SSSR count). The highest BCUT2D eigenvalue weighted by Gasteiger charge is 2.11. The number of nitrogens with zero attached hydrogens (tertiary/aromatic N) is 2. The number of anilines is 1. The smallest absolute Gasteiger partial charge is 0.255 e. The number of nitrogens with one attached hydrogen (secondary N) is 2. The number of aromatic nitrogens is 3. The van der Waals surface area contributed by atoms with Gasteiger partial charge in [0.1, 0.15) is 5.82 Å². The van der Waals surface area contributed by atoms with Crippen LogP contribution in [0, 0.1) is 6.92 Å². The fourth-order valence-corrected chi connectivity index (χ4v) is 1.96. The molecule has 0 aromatic carbocycles. The van der Waals surface area contributed by atoms with Gasteiger partial charge in [-0.15, -0.1) is 16.7 Å². The Balaban J connectivity index is 2.69. The fourth-order valence-electron chi connectivity index (χ4n) is 0.680. The molecule has 0 bridgehead atoms. The number of aryl methyl sites for hydroxylation is 1. The van der Waals surface area contributed by atoms with Crippen LogP contribution in [0.25, 0.3) is 0 Å². The minimum Gasteiger partial charge on any atom is -0.261 e. The average molecular weight is 225 g/mol. The highest BCUT2D eigenvalue weighted by atomic mass is 35.5. The van der Waals surface area contributed by atoms with Crippen LogP contribution in [-0.2, 0) is 10.0 Å². The molecule has 6 nitrogen and oxygen atoms in total. The number of halogens is 1. The highest BCUT2D eigenvalue weighted by Crippen LogP contribution is 2.01. The van der Waals surface area contributed by atoms with Crippen molar-refractivity contribution < 1.29 is 8.42 Å². The van der Waals surface area contributed by atoms with Gasteiger partial charge in [-0.1, -0.05) is 0 Å². The Bertz CT molecular complexity index is 374. The van der Waals surface area contributed by atoms with E-state index in [4.69, 9.17) is 11.6 Å². The standard InChI is InChI=1S/C5H9ClN4O2S/c1-4-7-5(9-8-4)10-13(11,12)3-2-6/h2-3H2,1H3,(H2,7,8,9,10). The molecule has 0 aliphatic heterocycles. The van der Waals surface area contributed by atoms with Crippen molar-refractivity contribution in [1.29, 1.82) is 0 Å². The van der Waals surface area contributed by atoms with Crippen LogP contribution in [0.3, 0.4) is 0 Å². The number of H-pyrrole nitrogens is 1. The van der Waals surface area contributed by atoms with E-state index in [9.17, 15) is 8.42 Å². The molecule has 1 heterocycles. The van der Waals surface area contributed by atoms with E-state index in [-0.39, 0.29) is 17.6 Å². The van der Waals surface area contributed by atoms with Crippen LogP contribution in [0.5, 0.6) is 0 Å². The molecular weight excluding hydrogens is 216 g/mol. The summed E-state index contributed by atoms with van der Waals surface area (Å²) < 4.78 is 24.4. The quantitative estimate of drug-likeness (QED) is 0.710. The lowest BCUT2D eigenvalue weighted by Gasteiger charge is -2.00. The maximum Gasteiger partial charge on any atom is 0.255 e. The van der Waals surface area contributed by atoms with Gasteiger partial charge in [0.2, 0.25) is 10.0 Å². The van der Waals surface area contributed by atoms with Crippen molar-refractivity contribution in [3.63, 3.8) is 0 Å². The van der Waals surface area contributed by atoms with E-state index < -0.39 is 10.0 Å². The lowest BCUT2D eigenvalue weighted by molar-refractivity contribution is 0.602. The first-order valence-corrected chi connectivity index (χ1v) is 5.67. The second kappa shape index (κ2) is 3.93. The monoisotopic (exact) mass is 224 g/mol. The lowest BCUT2D eigenvalue weighted by Crippen LogP contribution is -2.18. The summed E-state index contributed by atoms with van der Waals surface area (Å²) in [5.74, 6) is 0.479. The van der Waals surface area contributed by atoms with Gasteiger partial charge in [0, 0.05) is 5.88 Å². The van der Waals surface area contributed by atoms with Crippen molar-refractivity contribution in [2.45, 2.75) is 6.92 Å². The predicted octanol–water partition coefficient (Wildman–Crippen LogP) is 0.0936. The van der Waals surface area contributed by atoms with Gasteiger partial charge in [-0.05, 0) is 6.92 Å². The normalized spacial score (nSPS) is 11.5. The molecule has 0 spiro atoms. The van der Waals surface area contributed by atoms with Gasteiger partial charge in [-0.2, -0.15) is 4.98 Å². The Kier molecular flexibility index (Phi) is 3.10. The van der Waals surface area contributed by atoms with E-state index in [0.29, 0.717) is 5.82 Å². The van der Waals surface area contributed by atoms with Crippen LogP contribution in [0.2, 0.25) is 0 Å². The van der Waals surface area contributed by atoms with Crippen LogP contribution in [0.4, 0.5) is 5.95 Å². The first-order valence-electron chi connectivity index (χ1n) is 3.49. The van der Waals surface area contributed by atoms with E-state index >= 15 is 0 Å². The zero-order valence-electron chi connectivity index (χ0n) is 6.91. The summed E-state index contributed by atoms with van der Waals surface area (Å²) in [4.78, 5) is 3.78. The molecule has 0 atom stereocenters. The molecule has 0 unspecified atom stereocenters. The van der Waals surface area contributed by atoms with Gasteiger partial charge in [0.05, 0.1) is 5.75 Å². The van der Waals surface area contributed by atoms with Crippen LogP contribution in [0.15, 0.2) is 0 Å². The minimum atomic E-state index is -3.40. The number of sulfonamides is 1. The number of alkyl halides is 1. The van der Waals surface area contributed by atoms with Crippen molar-refractivity contribution in [1.82, 2.24) is 15.2 Å². The van der Waals surface area contributed by atoms with Crippen LogP contribution in [-0.4, -0.2) is 35.2 Å². The largest absolute Gasteiger partial charge is 0.261 e. The third-order valence-corrected chi connectivity index (χ3v) is 2.84. The molecule has 0 aliphatic carbocycles. The van der Waals surface area contributed by atoms with Gasteiger partial charge in [0.15, 0.2) is 0 Å². The Morgan fingerprint density at radius 1 is 1.62 bits per heavy atom. The van der Waals surface area contributed by atoms with Crippen molar-refractivity contribution in [3.05, 3.63) is 5.82 Å². The van der Waals surface area contributed by atoms with Gasteiger partial charge in [0.25, 0.3) is 5.95 Å². The van der Waals surface area contributed by atoms with Crippen molar-refractivity contribution >= 4 is 27.6 Å². The van der Waals surface area contributed by atoms with Gasteiger partial charge < -0.3 is 0 Å². The third kappa shape index (κ3) is 3.19. The summed E-state index contributed by atoms with van der Waals surface area (Å²) in [6.45, 7) is 1.67. The topological polar surface area (TPSA) is 87.7 Å². The fraction of sp³-hybridized carbons (Fsp3) is 0.600. The van der Waals surface area contributed by atoms with Crippen LogP contribution in [0.1, 0.15) is 5.82 Å². The molecule has 1 aromatic rings. The van der Waals surface area contributed by atoms with Crippen molar-refractivity contribution in [3.8, 4) is 0 Å². The van der Waals surface area contributed by atoms with Gasteiger partial charge in [-0.25, -0.2) is 13.1 Å². The Morgan fingerprint density at radius 2 is 2.31 bits per heavy atom. The molecule has 0 fully saturated rings. The number of rotatable bonds is 4. The molecule has 13 heavy (non-hydrogen) atoms. The summed E-state index contributed by atoms with van der Waals surface area (Å²) in [6, 6.07) is 0. The lowest BCUT2D eigenvalue weighted by atomic mass is 10.8. The zero-order valence-corrected chi connectivity index (χ0v) is 8.48. The predicted molar refractivity (Wildman–Crippen MR) is 49.2 cm³/mol. The maximum atomic E-state index is 11.1. The molecule has 8 heteroatoms.